The first-order valence-electron chi connectivity index (χ1n) is 13.3. The van der Waals surface area contributed by atoms with Crippen LogP contribution in [0.25, 0.3) is 5.65 Å². The largest absolute Gasteiger partial charge is 0.410 e. The van der Waals surface area contributed by atoms with Gasteiger partial charge in [0.25, 0.3) is 5.91 Å². The van der Waals surface area contributed by atoms with Crippen molar-refractivity contribution < 1.29 is 40.9 Å². The van der Waals surface area contributed by atoms with E-state index < -0.39 is 48.7 Å². The molecule has 0 aromatic carbocycles. The Morgan fingerprint density at radius 1 is 1.29 bits per heavy atom. The number of alkyl halides is 5. The summed E-state index contributed by atoms with van der Waals surface area (Å²) in [5, 5.41) is 16.4. The van der Waals surface area contributed by atoms with Gasteiger partial charge in [0.2, 0.25) is 5.92 Å². The lowest BCUT2D eigenvalue weighted by Gasteiger charge is -2.33. The zero-order chi connectivity index (χ0) is 30.2. The van der Waals surface area contributed by atoms with Crippen molar-refractivity contribution in [3.63, 3.8) is 0 Å². The van der Waals surface area contributed by atoms with Crippen LogP contribution in [0.5, 0.6) is 0 Å². The molecule has 3 atom stereocenters. The number of carbonyl (C=O) groups excluding carboxylic acids is 2. The van der Waals surface area contributed by atoms with E-state index in [0.29, 0.717) is 11.3 Å². The van der Waals surface area contributed by atoms with Crippen molar-refractivity contribution in [2.45, 2.75) is 69.3 Å². The van der Waals surface area contributed by atoms with Crippen LogP contribution >= 0.6 is 0 Å². The van der Waals surface area contributed by atoms with Crippen molar-refractivity contribution in [3.05, 3.63) is 41.1 Å². The third-order valence-corrected chi connectivity index (χ3v) is 7.76. The molecular weight excluding hydrogens is 571 g/mol. The summed E-state index contributed by atoms with van der Waals surface area (Å²) >= 11 is 0. The minimum atomic E-state index is -4.61. The Kier molecular flexibility index (Phi) is 8.04. The third-order valence-electron chi connectivity index (χ3n) is 7.76. The maximum absolute atomic E-state index is 14.0. The van der Waals surface area contributed by atoms with E-state index in [2.05, 4.69) is 30.3 Å². The normalized spacial score (nSPS) is 21.0. The van der Waals surface area contributed by atoms with Gasteiger partial charge >= 0.3 is 12.2 Å². The quantitative estimate of drug-likeness (QED) is 0.354. The summed E-state index contributed by atoms with van der Waals surface area (Å²) in [6.45, 7) is 1.11. The number of rotatable bonds is 9. The molecule has 4 heterocycles. The van der Waals surface area contributed by atoms with Crippen LogP contribution in [-0.4, -0.2) is 80.2 Å². The highest BCUT2D eigenvalue weighted by molar-refractivity contribution is 5.93. The number of imidazole rings is 1. The number of urea groups is 1. The van der Waals surface area contributed by atoms with Gasteiger partial charge in [-0.15, -0.1) is 0 Å². The Bertz CT molecular complexity index is 1430. The van der Waals surface area contributed by atoms with Crippen LogP contribution in [0.15, 0.2) is 23.1 Å². The maximum Gasteiger partial charge on any atom is 0.410 e. The number of hydrogen-bond acceptors (Lipinski definition) is 8. The van der Waals surface area contributed by atoms with Gasteiger partial charge in [-0.2, -0.15) is 18.3 Å². The van der Waals surface area contributed by atoms with Gasteiger partial charge in [0.15, 0.2) is 11.3 Å². The molecule has 228 valence electrons. The van der Waals surface area contributed by atoms with Crippen LogP contribution < -0.4 is 10.6 Å². The first kappa shape index (κ1) is 29.6. The molecule has 42 heavy (non-hydrogen) atoms. The molecule has 1 aliphatic carbocycles. The zero-order valence-corrected chi connectivity index (χ0v) is 22.7. The van der Waals surface area contributed by atoms with Crippen molar-refractivity contribution in [1.29, 1.82) is 0 Å². The molecule has 0 radical (unpaired) electrons. The number of hydrogen-bond donors (Lipinski definition) is 2. The second-order valence-electron chi connectivity index (χ2n) is 10.6. The Hall–Kier alpha value is -3.89. The molecule has 2 aliphatic rings. The number of nitrogens with one attached hydrogen (secondary N) is 2. The van der Waals surface area contributed by atoms with Gasteiger partial charge in [-0.1, -0.05) is 5.16 Å². The summed E-state index contributed by atoms with van der Waals surface area (Å²) in [7, 11) is 1.44. The smallest absolute Gasteiger partial charge is 0.385 e. The maximum atomic E-state index is 14.0. The van der Waals surface area contributed by atoms with Gasteiger partial charge in [0.05, 0.1) is 36.7 Å². The fourth-order valence-corrected chi connectivity index (χ4v) is 5.46. The first-order valence-corrected chi connectivity index (χ1v) is 13.3. The van der Waals surface area contributed by atoms with E-state index in [0.717, 1.165) is 4.90 Å². The van der Waals surface area contributed by atoms with E-state index in [4.69, 9.17) is 4.74 Å². The fourth-order valence-electron chi connectivity index (χ4n) is 5.46. The van der Waals surface area contributed by atoms with Crippen molar-refractivity contribution >= 4 is 17.6 Å². The van der Waals surface area contributed by atoms with Crippen LogP contribution in [0.2, 0.25) is 0 Å². The van der Waals surface area contributed by atoms with Crippen LogP contribution in [0, 0.1) is 12.8 Å². The minimum absolute atomic E-state index is 0.0487. The highest BCUT2D eigenvalue weighted by Gasteiger charge is 2.48. The molecule has 12 nitrogen and oxygen atoms in total. The van der Waals surface area contributed by atoms with Crippen molar-refractivity contribution in [1.82, 2.24) is 40.4 Å². The summed E-state index contributed by atoms with van der Waals surface area (Å²) in [6.07, 6.45) is -1.87. The van der Waals surface area contributed by atoms with Gasteiger partial charge in [-0.05, 0) is 48.9 Å². The van der Waals surface area contributed by atoms with E-state index in [1.54, 1.807) is 12.3 Å². The highest BCUT2D eigenvalue weighted by atomic mass is 19.4. The number of halogens is 5. The van der Waals surface area contributed by atoms with Crippen molar-refractivity contribution in [2.24, 2.45) is 5.92 Å². The van der Waals surface area contributed by atoms with E-state index in [1.165, 1.54) is 24.7 Å². The van der Waals surface area contributed by atoms with Crippen molar-refractivity contribution in [3.8, 4) is 0 Å². The molecule has 17 heteroatoms. The minimum Gasteiger partial charge on any atom is -0.385 e. The molecule has 5 rings (SSSR count). The Labute approximate surface area is 235 Å². The van der Waals surface area contributed by atoms with Gasteiger partial charge in [0, 0.05) is 26.6 Å². The lowest BCUT2D eigenvalue weighted by molar-refractivity contribution is -0.150. The summed E-state index contributed by atoms with van der Waals surface area (Å²) in [6, 6.07) is -2.87. The van der Waals surface area contributed by atoms with E-state index in [1.807, 2.05) is 5.32 Å². The van der Waals surface area contributed by atoms with Gasteiger partial charge < -0.3 is 20.3 Å². The highest BCUT2D eigenvalue weighted by Crippen LogP contribution is 2.41. The predicted octanol–water partition coefficient (Wildman–Crippen LogP) is 3.75. The van der Waals surface area contributed by atoms with Crippen molar-refractivity contribution in [2.75, 3.05) is 20.3 Å². The second-order valence-corrected chi connectivity index (χ2v) is 10.6. The second kappa shape index (κ2) is 11.4. The van der Waals surface area contributed by atoms with Gasteiger partial charge in [-0.3, -0.25) is 4.79 Å². The van der Waals surface area contributed by atoms with Crippen LogP contribution in [0.1, 0.15) is 71.6 Å². The number of fused-ring (bicyclic) bond motifs is 1. The summed E-state index contributed by atoms with van der Waals surface area (Å²) in [5.41, 5.74) is 1.27. The molecule has 2 fully saturated rings. The molecule has 3 unspecified atom stereocenters. The number of nitrogens with zero attached hydrogens (tertiary/aromatic N) is 6. The Balaban J connectivity index is 1.45. The summed E-state index contributed by atoms with van der Waals surface area (Å²) in [4.78, 5) is 31.2. The Morgan fingerprint density at radius 2 is 2.02 bits per heavy atom. The van der Waals surface area contributed by atoms with E-state index >= 15 is 0 Å². The topological polar surface area (TPSA) is 140 Å². The van der Waals surface area contributed by atoms with Gasteiger partial charge in [0.1, 0.15) is 11.7 Å². The number of aryl methyl sites for hydroxylation is 1. The fraction of sp³-hybridized carbons (Fsp3) is 0.600. The third kappa shape index (κ3) is 6.15. The SMILES string of the molecule is COCCC(c1cnn2cc(C(NC(=O)c3nonc3C)C3CCC(F)(F)CC3)nc2c1)N1CC(C(F)(F)F)NC1=O. The monoisotopic (exact) mass is 600 g/mol. The summed E-state index contributed by atoms with van der Waals surface area (Å²) < 4.78 is 79.1. The molecule has 3 aromatic heterocycles. The number of carbonyl (C=O) groups is 2. The van der Waals surface area contributed by atoms with Crippen LogP contribution in [-0.2, 0) is 4.74 Å². The van der Waals surface area contributed by atoms with Crippen LogP contribution in [0.3, 0.4) is 0 Å². The summed E-state index contributed by atoms with van der Waals surface area (Å²) in [5.74, 6) is -3.78. The molecule has 0 spiro atoms. The Morgan fingerprint density at radius 3 is 2.64 bits per heavy atom. The number of amides is 3. The molecule has 1 aliphatic heterocycles. The lowest BCUT2D eigenvalue weighted by Crippen LogP contribution is -2.40. The van der Waals surface area contributed by atoms with E-state index in [-0.39, 0.29) is 61.7 Å². The average molecular weight is 601 g/mol. The molecule has 1 saturated carbocycles. The molecular formula is C25H29F5N8O4. The number of ether oxygens (including phenoxy) is 1. The zero-order valence-electron chi connectivity index (χ0n) is 22.7. The van der Waals surface area contributed by atoms with E-state index in [9.17, 15) is 31.5 Å². The molecule has 3 amide bonds. The lowest BCUT2D eigenvalue weighted by atomic mass is 9.81. The predicted molar refractivity (Wildman–Crippen MR) is 133 cm³/mol. The standard InChI is InChI=1S/C25H29F5N8O4/c1-13-20(36-42-35-13)22(39)34-21(14-3-6-24(26,27)7-4-14)16-11-38-19(32-16)9-15(10-31-38)17(5-8-41-2)37-12-18(25(28,29)30)33-23(37)40/h9-11,14,17-18,21H,3-8,12H2,1-2H3,(H,33,40)(H,34,39). The molecule has 1 saturated heterocycles. The molecule has 0 bridgehead atoms. The number of methoxy groups -OCH3 is 1. The van der Waals surface area contributed by atoms with Crippen LogP contribution in [0.4, 0.5) is 26.7 Å². The first-order chi connectivity index (χ1) is 19.9. The molecule has 2 N–H and O–H groups in total. The number of aromatic nitrogens is 5. The molecule has 3 aromatic rings. The average Bonchev–Trinajstić information content (AvgIpc) is 3.65. The van der Waals surface area contributed by atoms with Gasteiger partial charge in [-0.25, -0.2) is 27.7 Å².